The summed E-state index contributed by atoms with van der Waals surface area (Å²) in [4.78, 5) is 37.3. The Morgan fingerprint density at radius 3 is 2.33 bits per heavy atom. The zero-order valence-electron chi connectivity index (χ0n) is 14.8. The molecule has 0 bridgehead atoms. The number of likely N-dealkylation sites (N-methyl/N-ethyl adjacent to an activating group) is 1. The predicted octanol–water partition coefficient (Wildman–Crippen LogP) is 2.75. The lowest BCUT2D eigenvalue weighted by molar-refractivity contribution is -0.121. The molecule has 0 aliphatic carbocycles. The highest BCUT2D eigenvalue weighted by Gasteiger charge is 2.16. The molecule has 0 aromatic heterocycles. The number of esters is 1. The minimum absolute atomic E-state index is 0.249. The van der Waals surface area contributed by atoms with Crippen molar-refractivity contribution in [2.75, 3.05) is 23.4 Å². The number of carbonyl (C=O) groups is 3. The number of amides is 2. The molecule has 0 heterocycles. The Kier molecular flexibility index (Phi) is 7.08. The Bertz CT molecular complexity index is 842. The van der Waals surface area contributed by atoms with Crippen molar-refractivity contribution in [2.45, 2.75) is 13.3 Å². The van der Waals surface area contributed by atoms with Crippen molar-refractivity contribution in [1.29, 1.82) is 5.26 Å². The first-order chi connectivity index (χ1) is 13.0. The molecule has 0 aliphatic rings. The first kappa shape index (κ1) is 19.7. The van der Waals surface area contributed by atoms with Crippen LogP contribution in [0, 0.1) is 11.3 Å². The highest BCUT2D eigenvalue weighted by molar-refractivity contribution is 5.97. The van der Waals surface area contributed by atoms with Crippen LogP contribution in [0.25, 0.3) is 0 Å². The quantitative estimate of drug-likeness (QED) is 0.761. The fourth-order valence-electron chi connectivity index (χ4n) is 2.37. The summed E-state index contributed by atoms with van der Waals surface area (Å²) in [6, 6.07) is 16.9. The van der Waals surface area contributed by atoms with E-state index in [1.165, 1.54) is 29.2 Å². The monoisotopic (exact) mass is 365 g/mol. The summed E-state index contributed by atoms with van der Waals surface area (Å²) in [7, 11) is 0. The molecule has 0 atom stereocenters. The van der Waals surface area contributed by atoms with Crippen LogP contribution in [0.5, 0.6) is 0 Å². The number of nitriles is 1. The second kappa shape index (κ2) is 9.73. The van der Waals surface area contributed by atoms with Gasteiger partial charge in [-0.25, -0.2) is 4.79 Å². The van der Waals surface area contributed by atoms with Crippen LogP contribution >= 0.6 is 0 Å². The smallest absolute Gasteiger partial charge is 0.338 e. The number of para-hydroxylation sites is 1. The van der Waals surface area contributed by atoms with Gasteiger partial charge in [0.25, 0.3) is 5.91 Å². The van der Waals surface area contributed by atoms with E-state index in [1.54, 1.807) is 6.07 Å². The van der Waals surface area contributed by atoms with Crippen LogP contribution < -0.4 is 10.2 Å². The minimum atomic E-state index is -0.637. The molecule has 2 amide bonds. The summed E-state index contributed by atoms with van der Waals surface area (Å²) < 4.78 is 5.09. The van der Waals surface area contributed by atoms with Gasteiger partial charge in [0.1, 0.15) is 6.42 Å². The van der Waals surface area contributed by atoms with E-state index in [2.05, 4.69) is 5.32 Å². The molecule has 0 aliphatic heterocycles. The normalized spacial score (nSPS) is 9.78. The van der Waals surface area contributed by atoms with Crippen molar-refractivity contribution in [2.24, 2.45) is 0 Å². The number of nitrogens with one attached hydrogen (secondary N) is 1. The van der Waals surface area contributed by atoms with Crippen molar-refractivity contribution in [3.05, 3.63) is 60.2 Å². The van der Waals surface area contributed by atoms with E-state index >= 15 is 0 Å². The molecule has 0 saturated carbocycles. The Balaban J connectivity index is 1.92. The second-order valence-corrected chi connectivity index (χ2v) is 5.51. The number of anilines is 2. The van der Waals surface area contributed by atoms with E-state index in [0.717, 1.165) is 5.69 Å². The van der Waals surface area contributed by atoms with Crippen LogP contribution in [0.2, 0.25) is 0 Å². The maximum absolute atomic E-state index is 12.3. The third-order valence-electron chi connectivity index (χ3n) is 3.66. The van der Waals surface area contributed by atoms with Gasteiger partial charge in [-0.1, -0.05) is 18.2 Å². The standard InChI is InChI=1S/C20H19N3O4/c1-2-23(17-6-4-3-5-7-17)19(25)14-27-20(26)15-8-10-16(11-9-15)22-18(24)12-13-21/h3-11H,2,12,14H2,1H3,(H,22,24). The molecule has 1 N–H and O–H groups in total. The molecule has 2 aromatic carbocycles. The van der Waals surface area contributed by atoms with Gasteiger partial charge in [-0.2, -0.15) is 5.26 Å². The van der Waals surface area contributed by atoms with Gasteiger partial charge in [-0.05, 0) is 43.3 Å². The topological polar surface area (TPSA) is 99.5 Å². The fraction of sp³-hybridized carbons (Fsp3) is 0.200. The van der Waals surface area contributed by atoms with E-state index < -0.39 is 11.9 Å². The lowest BCUT2D eigenvalue weighted by Gasteiger charge is -2.20. The molecule has 0 spiro atoms. The lowest BCUT2D eigenvalue weighted by Crippen LogP contribution is -2.34. The van der Waals surface area contributed by atoms with Crippen LogP contribution in [0.4, 0.5) is 11.4 Å². The summed E-state index contributed by atoms with van der Waals surface area (Å²) in [6.07, 6.45) is -0.249. The molecule has 0 saturated heterocycles. The molecule has 7 nitrogen and oxygen atoms in total. The third kappa shape index (κ3) is 5.68. The molecule has 0 unspecified atom stereocenters. The highest BCUT2D eigenvalue weighted by atomic mass is 16.5. The van der Waals surface area contributed by atoms with Gasteiger partial charge in [-0.3, -0.25) is 9.59 Å². The van der Waals surface area contributed by atoms with Crippen LogP contribution in [0.1, 0.15) is 23.7 Å². The highest BCUT2D eigenvalue weighted by Crippen LogP contribution is 2.14. The molecular formula is C20H19N3O4. The maximum atomic E-state index is 12.3. The number of nitrogens with zero attached hydrogens (tertiary/aromatic N) is 2. The Labute approximate surface area is 157 Å². The molecular weight excluding hydrogens is 346 g/mol. The largest absolute Gasteiger partial charge is 0.452 e. The zero-order valence-corrected chi connectivity index (χ0v) is 14.8. The number of benzene rings is 2. The summed E-state index contributed by atoms with van der Waals surface area (Å²) in [5.74, 6) is -1.39. The van der Waals surface area contributed by atoms with Crippen LogP contribution in [0.15, 0.2) is 54.6 Å². The van der Waals surface area contributed by atoms with Crippen molar-refractivity contribution >= 4 is 29.2 Å². The summed E-state index contributed by atoms with van der Waals surface area (Å²) in [5, 5.41) is 11.0. The Morgan fingerprint density at radius 1 is 1.07 bits per heavy atom. The van der Waals surface area contributed by atoms with E-state index in [0.29, 0.717) is 12.2 Å². The number of rotatable bonds is 7. The molecule has 0 fully saturated rings. The zero-order chi connectivity index (χ0) is 19.6. The maximum Gasteiger partial charge on any atom is 0.338 e. The first-order valence-electron chi connectivity index (χ1n) is 8.34. The van der Waals surface area contributed by atoms with Crippen LogP contribution in [-0.2, 0) is 14.3 Å². The van der Waals surface area contributed by atoms with Gasteiger partial charge in [0, 0.05) is 17.9 Å². The van der Waals surface area contributed by atoms with E-state index in [9.17, 15) is 14.4 Å². The fourth-order valence-corrected chi connectivity index (χ4v) is 2.37. The van der Waals surface area contributed by atoms with Crippen molar-refractivity contribution < 1.29 is 19.1 Å². The second-order valence-electron chi connectivity index (χ2n) is 5.51. The predicted molar refractivity (Wildman–Crippen MR) is 100 cm³/mol. The van der Waals surface area contributed by atoms with Gasteiger partial charge < -0.3 is 15.0 Å². The minimum Gasteiger partial charge on any atom is -0.452 e. The number of hydrogen-bond donors (Lipinski definition) is 1. The summed E-state index contributed by atoms with van der Waals surface area (Å²) in [5.41, 5.74) is 1.45. The summed E-state index contributed by atoms with van der Waals surface area (Å²) >= 11 is 0. The van der Waals surface area contributed by atoms with Gasteiger partial charge >= 0.3 is 5.97 Å². The van der Waals surface area contributed by atoms with Crippen molar-refractivity contribution in [3.8, 4) is 6.07 Å². The van der Waals surface area contributed by atoms with Crippen molar-refractivity contribution in [1.82, 2.24) is 0 Å². The average molecular weight is 365 g/mol. The van der Waals surface area contributed by atoms with Gasteiger partial charge in [0.05, 0.1) is 11.6 Å². The van der Waals surface area contributed by atoms with E-state index in [1.807, 2.05) is 37.3 Å². The molecule has 7 heteroatoms. The lowest BCUT2D eigenvalue weighted by atomic mass is 10.2. The third-order valence-corrected chi connectivity index (χ3v) is 3.66. The average Bonchev–Trinajstić information content (AvgIpc) is 2.68. The Hall–Kier alpha value is -3.66. The molecule has 2 rings (SSSR count). The molecule has 27 heavy (non-hydrogen) atoms. The van der Waals surface area contributed by atoms with Crippen molar-refractivity contribution in [3.63, 3.8) is 0 Å². The van der Waals surface area contributed by atoms with E-state index in [-0.39, 0.29) is 24.5 Å². The molecule has 0 radical (unpaired) electrons. The SMILES string of the molecule is CCN(C(=O)COC(=O)c1ccc(NC(=O)CC#N)cc1)c1ccccc1. The molecule has 2 aromatic rings. The number of carbonyl (C=O) groups excluding carboxylic acids is 3. The Morgan fingerprint density at radius 2 is 1.74 bits per heavy atom. The number of hydrogen-bond acceptors (Lipinski definition) is 5. The van der Waals surface area contributed by atoms with E-state index in [4.69, 9.17) is 10.00 Å². The number of ether oxygens (including phenoxy) is 1. The summed E-state index contributed by atoms with van der Waals surface area (Å²) in [6.45, 7) is 1.92. The van der Waals surface area contributed by atoms with Gasteiger partial charge in [0.15, 0.2) is 6.61 Å². The van der Waals surface area contributed by atoms with Gasteiger partial charge in [-0.15, -0.1) is 0 Å². The molecule has 138 valence electrons. The van der Waals surface area contributed by atoms with Crippen LogP contribution in [0.3, 0.4) is 0 Å². The van der Waals surface area contributed by atoms with Crippen LogP contribution in [-0.4, -0.2) is 30.9 Å². The first-order valence-corrected chi connectivity index (χ1v) is 8.34. The van der Waals surface area contributed by atoms with Gasteiger partial charge in [0.2, 0.25) is 5.91 Å².